The summed E-state index contributed by atoms with van der Waals surface area (Å²) in [7, 11) is 1.52. The lowest BCUT2D eigenvalue weighted by atomic mass is 9.92. The molecular weight excluding hydrogens is 422 g/mol. The van der Waals surface area contributed by atoms with Gasteiger partial charge in [-0.15, -0.1) is 0 Å². The molecule has 2 heterocycles. The average Bonchev–Trinajstić information content (AvgIpc) is 3.21. The molecule has 0 radical (unpaired) electrons. The lowest BCUT2D eigenvalue weighted by molar-refractivity contribution is -0.116. The van der Waals surface area contributed by atoms with Crippen LogP contribution in [0.5, 0.6) is 11.5 Å². The van der Waals surface area contributed by atoms with Gasteiger partial charge in [-0.2, -0.15) is 9.78 Å². The number of methoxy groups -OCH3 is 1. The summed E-state index contributed by atoms with van der Waals surface area (Å²) in [5, 5.41) is 7.50. The summed E-state index contributed by atoms with van der Waals surface area (Å²) in [4.78, 5) is 32.6. The highest BCUT2D eigenvalue weighted by atomic mass is 16.5. The van der Waals surface area contributed by atoms with E-state index in [4.69, 9.17) is 9.47 Å². The number of aromatic nitrogens is 4. The molecule has 9 nitrogen and oxygen atoms in total. The zero-order valence-electron chi connectivity index (χ0n) is 19.6. The standard InChI is InChI=1S/C24H29N5O4/c1-16(30)17-9-10-18(19(14-17)32-5)33-13-6-8-22(31)27-21-15-20(24(2,3)4)28-29(21)23-25-11-7-12-26-23/h7,9-12,14-15H,6,8,13H2,1-5H3,(H,27,31). The summed E-state index contributed by atoms with van der Waals surface area (Å²) in [5.74, 6) is 1.68. The Labute approximate surface area is 193 Å². The van der Waals surface area contributed by atoms with Crippen LogP contribution in [0, 0.1) is 0 Å². The first-order valence-electron chi connectivity index (χ1n) is 10.7. The van der Waals surface area contributed by atoms with Gasteiger partial charge in [0.2, 0.25) is 5.91 Å². The maximum atomic E-state index is 12.6. The third kappa shape index (κ3) is 6.15. The van der Waals surface area contributed by atoms with E-state index < -0.39 is 0 Å². The summed E-state index contributed by atoms with van der Waals surface area (Å²) in [6.07, 6.45) is 3.99. The molecule has 33 heavy (non-hydrogen) atoms. The summed E-state index contributed by atoms with van der Waals surface area (Å²) in [6, 6.07) is 8.59. The lowest BCUT2D eigenvalue weighted by Crippen LogP contribution is -2.16. The van der Waals surface area contributed by atoms with Crippen LogP contribution in [0.3, 0.4) is 0 Å². The Bertz CT molecular complexity index is 1120. The van der Waals surface area contributed by atoms with Gasteiger partial charge in [0.15, 0.2) is 17.3 Å². The lowest BCUT2D eigenvalue weighted by Gasteiger charge is -2.13. The molecular formula is C24H29N5O4. The average molecular weight is 452 g/mol. The number of carbonyl (C=O) groups is 2. The second kappa shape index (κ2) is 10.2. The SMILES string of the molecule is COc1cc(C(C)=O)ccc1OCCCC(=O)Nc1cc(C(C)(C)C)nn1-c1ncccn1. The van der Waals surface area contributed by atoms with E-state index in [9.17, 15) is 9.59 Å². The van der Waals surface area contributed by atoms with Crippen molar-refractivity contribution in [2.24, 2.45) is 0 Å². The van der Waals surface area contributed by atoms with E-state index in [1.54, 1.807) is 36.7 Å². The van der Waals surface area contributed by atoms with Crippen LogP contribution in [0.1, 0.15) is 56.6 Å². The zero-order valence-corrected chi connectivity index (χ0v) is 19.6. The Morgan fingerprint density at radius 1 is 1.09 bits per heavy atom. The van der Waals surface area contributed by atoms with Crippen LogP contribution in [0.2, 0.25) is 0 Å². The summed E-state index contributed by atoms with van der Waals surface area (Å²) >= 11 is 0. The molecule has 0 aliphatic heterocycles. The zero-order chi connectivity index (χ0) is 24.0. The van der Waals surface area contributed by atoms with Crippen LogP contribution < -0.4 is 14.8 Å². The molecule has 0 unspecified atom stereocenters. The number of hydrogen-bond acceptors (Lipinski definition) is 7. The van der Waals surface area contributed by atoms with Crippen molar-refractivity contribution < 1.29 is 19.1 Å². The first kappa shape index (κ1) is 23.9. The molecule has 1 N–H and O–H groups in total. The van der Waals surface area contributed by atoms with E-state index in [0.29, 0.717) is 41.9 Å². The second-order valence-corrected chi connectivity index (χ2v) is 8.55. The van der Waals surface area contributed by atoms with Crippen molar-refractivity contribution >= 4 is 17.5 Å². The first-order valence-corrected chi connectivity index (χ1v) is 10.7. The van der Waals surface area contributed by atoms with Crippen LogP contribution in [0.15, 0.2) is 42.7 Å². The highest BCUT2D eigenvalue weighted by Crippen LogP contribution is 2.29. The van der Waals surface area contributed by atoms with Gasteiger partial charge < -0.3 is 14.8 Å². The summed E-state index contributed by atoms with van der Waals surface area (Å²) < 4.78 is 12.6. The van der Waals surface area contributed by atoms with Crippen molar-refractivity contribution in [3.8, 4) is 17.4 Å². The number of carbonyl (C=O) groups excluding carboxylic acids is 2. The topological polar surface area (TPSA) is 108 Å². The molecule has 0 bridgehead atoms. The van der Waals surface area contributed by atoms with Crippen molar-refractivity contribution in [1.29, 1.82) is 0 Å². The van der Waals surface area contributed by atoms with E-state index in [1.807, 2.05) is 26.8 Å². The van der Waals surface area contributed by atoms with Crippen LogP contribution >= 0.6 is 0 Å². The molecule has 0 saturated carbocycles. The number of ether oxygens (including phenoxy) is 2. The van der Waals surface area contributed by atoms with Gasteiger partial charge in [0.25, 0.3) is 5.95 Å². The summed E-state index contributed by atoms with van der Waals surface area (Å²) in [5.41, 5.74) is 1.16. The Kier molecular flexibility index (Phi) is 7.42. The minimum atomic E-state index is -0.204. The largest absolute Gasteiger partial charge is 0.493 e. The van der Waals surface area contributed by atoms with E-state index in [2.05, 4.69) is 20.4 Å². The van der Waals surface area contributed by atoms with Crippen molar-refractivity contribution in [3.05, 3.63) is 54.0 Å². The van der Waals surface area contributed by atoms with Gasteiger partial charge in [0.1, 0.15) is 5.82 Å². The fourth-order valence-corrected chi connectivity index (χ4v) is 3.02. The third-order valence-electron chi connectivity index (χ3n) is 4.86. The molecule has 2 aromatic heterocycles. The van der Waals surface area contributed by atoms with Gasteiger partial charge >= 0.3 is 0 Å². The van der Waals surface area contributed by atoms with Crippen molar-refractivity contribution in [2.75, 3.05) is 19.0 Å². The predicted octanol–water partition coefficient (Wildman–Crippen LogP) is 3.97. The Balaban J connectivity index is 1.61. The Morgan fingerprint density at radius 3 is 2.45 bits per heavy atom. The number of Topliss-reactive ketones (excluding diaryl/α,β-unsaturated/α-hetero) is 1. The monoisotopic (exact) mass is 451 g/mol. The molecule has 0 aliphatic carbocycles. The van der Waals surface area contributed by atoms with Crippen LogP contribution in [0.4, 0.5) is 5.82 Å². The Morgan fingerprint density at radius 2 is 1.82 bits per heavy atom. The minimum Gasteiger partial charge on any atom is -0.493 e. The molecule has 9 heteroatoms. The number of rotatable bonds is 9. The molecule has 0 fully saturated rings. The number of nitrogens with zero attached hydrogens (tertiary/aromatic N) is 4. The van der Waals surface area contributed by atoms with Crippen molar-refractivity contribution in [1.82, 2.24) is 19.7 Å². The summed E-state index contributed by atoms with van der Waals surface area (Å²) in [6.45, 7) is 7.95. The smallest absolute Gasteiger partial charge is 0.252 e. The maximum absolute atomic E-state index is 12.6. The van der Waals surface area contributed by atoms with Crippen LogP contribution in [-0.4, -0.2) is 45.2 Å². The van der Waals surface area contributed by atoms with Gasteiger partial charge in [0, 0.05) is 35.9 Å². The number of nitrogens with one attached hydrogen (secondary N) is 1. The normalized spacial score (nSPS) is 11.2. The molecule has 174 valence electrons. The fourth-order valence-electron chi connectivity index (χ4n) is 3.02. The second-order valence-electron chi connectivity index (χ2n) is 8.55. The highest BCUT2D eigenvalue weighted by molar-refractivity contribution is 5.94. The van der Waals surface area contributed by atoms with E-state index >= 15 is 0 Å². The molecule has 1 amide bonds. The van der Waals surface area contributed by atoms with Gasteiger partial charge in [-0.05, 0) is 37.6 Å². The van der Waals surface area contributed by atoms with Gasteiger partial charge in [-0.25, -0.2) is 9.97 Å². The van der Waals surface area contributed by atoms with E-state index in [1.165, 1.54) is 18.7 Å². The number of benzene rings is 1. The number of hydrogen-bond donors (Lipinski definition) is 1. The predicted molar refractivity (Wildman–Crippen MR) is 124 cm³/mol. The highest BCUT2D eigenvalue weighted by Gasteiger charge is 2.22. The molecule has 0 aliphatic rings. The van der Waals surface area contributed by atoms with Crippen LogP contribution in [0.25, 0.3) is 5.95 Å². The van der Waals surface area contributed by atoms with E-state index in [-0.39, 0.29) is 23.5 Å². The number of ketones is 1. The quantitative estimate of drug-likeness (QED) is 0.387. The molecule has 0 saturated heterocycles. The Hall–Kier alpha value is -3.75. The molecule has 0 atom stereocenters. The van der Waals surface area contributed by atoms with Gasteiger partial charge in [0.05, 0.1) is 19.4 Å². The number of anilines is 1. The minimum absolute atomic E-state index is 0.0497. The van der Waals surface area contributed by atoms with Gasteiger partial charge in [-0.1, -0.05) is 20.8 Å². The first-order chi connectivity index (χ1) is 15.7. The molecule has 1 aromatic carbocycles. The number of amides is 1. The van der Waals surface area contributed by atoms with E-state index in [0.717, 1.165) is 5.69 Å². The molecule has 0 spiro atoms. The van der Waals surface area contributed by atoms with Crippen LogP contribution in [-0.2, 0) is 10.2 Å². The molecule has 3 aromatic rings. The fraction of sp³-hybridized carbons (Fsp3) is 0.375. The molecule has 3 rings (SSSR count). The third-order valence-corrected chi connectivity index (χ3v) is 4.86. The van der Waals surface area contributed by atoms with Gasteiger partial charge in [-0.3, -0.25) is 9.59 Å². The van der Waals surface area contributed by atoms with Crippen molar-refractivity contribution in [3.63, 3.8) is 0 Å². The van der Waals surface area contributed by atoms with Crippen molar-refractivity contribution in [2.45, 2.75) is 46.0 Å². The maximum Gasteiger partial charge on any atom is 0.252 e.